The van der Waals surface area contributed by atoms with Crippen LogP contribution in [-0.2, 0) is 9.47 Å². The average molecular weight is 360 g/mol. The first kappa shape index (κ1) is 20.1. The van der Waals surface area contributed by atoms with Gasteiger partial charge < -0.3 is 18.9 Å². The summed E-state index contributed by atoms with van der Waals surface area (Å²) in [4.78, 5) is 8.79. The SMILES string of the molecule is CCCOCCOc1cnc(-c2ccccc2OCCOCCC)nc1. The maximum atomic E-state index is 5.82. The third-order valence-corrected chi connectivity index (χ3v) is 3.43. The van der Waals surface area contributed by atoms with Crippen molar-refractivity contribution in [3.63, 3.8) is 0 Å². The topological polar surface area (TPSA) is 62.7 Å². The fourth-order valence-corrected chi connectivity index (χ4v) is 2.23. The largest absolute Gasteiger partial charge is 0.490 e. The number of rotatable bonds is 13. The molecular weight excluding hydrogens is 332 g/mol. The second kappa shape index (κ2) is 12.2. The number of hydrogen-bond donors (Lipinski definition) is 0. The highest BCUT2D eigenvalue weighted by Crippen LogP contribution is 2.27. The molecule has 26 heavy (non-hydrogen) atoms. The van der Waals surface area contributed by atoms with Crippen molar-refractivity contribution in [3.05, 3.63) is 36.7 Å². The van der Waals surface area contributed by atoms with Crippen molar-refractivity contribution in [1.82, 2.24) is 9.97 Å². The highest BCUT2D eigenvalue weighted by atomic mass is 16.5. The summed E-state index contributed by atoms with van der Waals surface area (Å²) in [5.41, 5.74) is 0.848. The van der Waals surface area contributed by atoms with Crippen LogP contribution in [0.3, 0.4) is 0 Å². The number of hydrogen-bond acceptors (Lipinski definition) is 6. The minimum Gasteiger partial charge on any atom is -0.490 e. The molecule has 0 aliphatic heterocycles. The maximum absolute atomic E-state index is 5.82. The van der Waals surface area contributed by atoms with Gasteiger partial charge in [-0.2, -0.15) is 0 Å². The molecule has 0 bridgehead atoms. The zero-order valence-electron chi connectivity index (χ0n) is 15.6. The third-order valence-electron chi connectivity index (χ3n) is 3.43. The van der Waals surface area contributed by atoms with E-state index in [2.05, 4.69) is 23.8 Å². The minimum absolute atomic E-state index is 0.486. The Bertz CT molecular complexity index is 619. The highest BCUT2D eigenvalue weighted by Gasteiger charge is 2.09. The Morgan fingerprint density at radius 3 is 2.00 bits per heavy atom. The second-order valence-corrected chi connectivity index (χ2v) is 5.66. The van der Waals surface area contributed by atoms with Crippen LogP contribution < -0.4 is 9.47 Å². The summed E-state index contributed by atoms with van der Waals surface area (Å²) in [6.45, 7) is 7.77. The smallest absolute Gasteiger partial charge is 0.163 e. The van der Waals surface area contributed by atoms with E-state index in [0.29, 0.717) is 38.0 Å². The van der Waals surface area contributed by atoms with Crippen LogP contribution in [0.1, 0.15) is 26.7 Å². The molecule has 0 aliphatic rings. The lowest BCUT2D eigenvalue weighted by atomic mass is 10.2. The normalized spacial score (nSPS) is 10.7. The van der Waals surface area contributed by atoms with Crippen LogP contribution in [0, 0.1) is 0 Å². The molecule has 0 atom stereocenters. The molecule has 0 saturated carbocycles. The summed E-state index contributed by atoms with van der Waals surface area (Å²) >= 11 is 0. The molecule has 2 rings (SSSR count). The minimum atomic E-state index is 0.486. The Hall–Kier alpha value is -2.18. The summed E-state index contributed by atoms with van der Waals surface area (Å²) < 4.78 is 22.2. The van der Waals surface area contributed by atoms with Gasteiger partial charge in [-0.3, -0.25) is 0 Å². The van der Waals surface area contributed by atoms with Gasteiger partial charge >= 0.3 is 0 Å². The molecule has 1 heterocycles. The molecule has 1 aromatic heterocycles. The van der Waals surface area contributed by atoms with Crippen molar-refractivity contribution in [2.24, 2.45) is 0 Å². The van der Waals surface area contributed by atoms with Crippen LogP contribution in [-0.4, -0.2) is 49.6 Å². The van der Waals surface area contributed by atoms with Gasteiger partial charge in [-0.15, -0.1) is 0 Å². The van der Waals surface area contributed by atoms with Gasteiger partial charge in [0.1, 0.15) is 19.0 Å². The van der Waals surface area contributed by atoms with E-state index in [1.165, 1.54) is 0 Å². The summed E-state index contributed by atoms with van der Waals surface area (Å²) in [6.07, 6.45) is 5.35. The summed E-state index contributed by atoms with van der Waals surface area (Å²) in [7, 11) is 0. The van der Waals surface area contributed by atoms with Crippen molar-refractivity contribution in [3.8, 4) is 22.9 Å². The van der Waals surface area contributed by atoms with Gasteiger partial charge in [0, 0.05) is 13.2 Å². The highest BCUT2D eigenvalue weighted by molar-refractivity contribution is 5.63. The molecule has 0 amide bonds. The van der Waals surface area contributed by atoms with Crippen LogP contribution in [0.5, 0.6) is 11.5 Å². The lowest BCUT2D eigenvalue weighted by Crippen LogP contribution is -2.08. The van der Waals surface area contributed by atoms with E-state index in [4.69, 9.17) is 18.9 Å². The first-order valence-electron chi connectivity index (χ1n) is 9.17. The predicted octanol–water partition coefficient (Wildman–Crippen LogP) is 3.75. The number of nitrogens with zero attached hydrogens (tertiary/aromatic N) is 2. The summed E-state index contributed by atoms with van der Waals surface area (Å²) in [5, 5.41) is 0. The van der Waals surface area contributed by atoms with Crippen molar-refractivity contribution >= 4 is 0 Å². The van der Waals surface area contributed by atoms with Crippen LogP contribution in [0.2, 0.25) is 0 Å². The Morgan fingerprint density at radius 2 is 1.35 bits per heavy atom. The molecule has 0 saturated heterocycles. The molecule has 142 valence electrons. The number of para-hydroxylation sites is 1. The van der Waals surface area contributed by atoms with Crippen LogP contribution in [0.15, 0.2) is 36.7 Å². The Labute approximate surface area is 155 Å². The number of ether oxygens (including phenoxy) is 4. The first-order valence-corrected chi connectivity index (χ1v) is 9.17. The monoisotopic (exact) mass is 360 g/mol. The molecule has 6 nitrogen and oxygen atoms in total. The quantitative estimate of drug-likeness (QED) is 0.507. The van der Waals surface area contributed by atoms with E-state index < -0.39 is 0 Å². The Morgan fingerprint density at radius 1 is 0.731 bits per heavy atom. The van der Waals surface area contributed by atoms with Crippen molar-refractivity contribution in [2.75, 3.05) is 39.6 Å². The van der Waals surface area contributed by atoms with E-state index >= 15 is 0 Å². The number of aromatic nitrogens is 2. The molecular formula is C20H28N2O4. The van der Waals surface area contributed by atoms with Gasteiger partial charge in [-0.1, -0.05) is 26.0 Å². The molecule has 2 aromatic rings. The summed E-state index contributed by atoms with van der Waals surface area (Å²) in [6, 6.07) is 7.72. The van der Waals surface area contributed by atoms with Gasteiger partial charge in [0.05, 0.1) is 31.2 Å². The Balaban J connectivity index is 1.89. The van der Waals surface area contributed by atoms with Gasteiger partial charge in [-0.05, 0) is 25.0 Å². The standard InChI is InChI=1S/C20H28N2O4/c1-3-9-23-11-13-25-17-15-21-20(22-16-17)18-7-5-6-8-19(18)26-14-12-24-10-4-2/h5-8,15-16H,3-4,9-14H2,1-2H3. The van der Waals surface area contributed by atoms with E-state index in [-0.39, 0.29) is 0 Å². The summed E-state index contributed by atoms with van der Waals surface area (Å²) in [5.74, 6) is 1.97. The molecule has 0 unspecified atom stereocenters. The maximum Gasteiger partial charge on any atom is 0.163 e. The molecule has 0 aliphatic carbocycles. The average Bonchev–Trinajstić information content (AvgIpc) is 2.69. The van der Waals surface area contributed by atoms with Crippen LogP contribution >= 0.6 is 0 Å². The van der Waals surface area contributed by atoms with Crippen molar-refractivity contribution in [1.29, 1.82) is 0 Å². The zero-order valence-corrected chi connectivity index (χ0v) is 15.6. The third kappa shape index (κ3) is 6.98. The van der Waals surface area contributed by atoms with E-state index in [0.717, 1.165) is 37.4 Å². The molecule has 0 fully saturated rings. The second-order valence-electron chi connectivity index (χ2n) is 5.66. The fraction of sp³-hybridized carbons (Fsp3) is 0.500. The molecule has 0 N–H and O–H groups in total. The zero-order chi connectivity index (χ0) is 18.5. The van der Waals surface area contributed by atoms with Gasteiger partial charge in [0.25, 0.3) is 0 Å². The predicted molar refractivity (Wildman–Crippen MR) is 101 cm³/mol. The molecule has 0 radical (unpaired) electrons. The van der Waals surface area contributed by atoms with E-state index in [1.807, 2.05) is 24.3 Å². The molecule has 0 spiro atoms. The van der Waals surface area contributed by atoms with Crippen molar-refractivity contribution < 1.29 is 18.9 Å². The first-order chi connectivity index (χ1) is 12.8. The van der Waals surface area contributed by atoms with Crippen molar-refractivity contribution in [2.45, 2.75) is 26.7 Å². The lowest BCUT2D eigenvalue weighted by Gasteiger charge is -2.11. The number of benzene rings is 1. The fourth-order valence-electron chi connectivity index (χ4n) is 2.23. The Kier molecular flexibility index (Phi) is 9.46. The van der Waals surface area contributed by atoms with Gasteiger partial charge in [0.15, 0.2) is 11.6 Å². The molecule has 1 aromatic carbocycles. The van der Waals surface area contributed by atoms with Gasteiger partial charge in [0.2, 0.25) is 0 Å². The van der Waals surface area contributed by atoms with Gasteiger partial charge in [-0.25, -0.2) is 9.97 Å². The lowest BCUT2D eigenvalue weighted by molar-refractivity contribution is 0.100. The van der Waals surface area contributed by atoms with Crippen LogP contribution in [0.4, 0.5) is 0 Å². The van der Waals surface area contributed by atoms with Crippen LogP contribution in [0.25, 0.3) is 11.4 Å². The van der Waals surface area contributed by atoms with E-state index in [9.17, 15) is 0 Å². The van der Waals surface area contributed by atoms with E-state index in [1.54, 1.807) is 12.4 Å². The molecule has 6 heteroatoms.